The van der Waals surface area contributed by atoms with Crippen LogP contribution >= 0.6 is 0 Å². The van der Waals surface area contributed by atoms with Crippen LogP contribution in [-0.2, 0) is 6.54 Å². The molecule has 0 radical (unpaired) electrons. The molecule has 2 aromatic heterocycles. The lowest BCUT2D eigenvalue weighted by molar-refractivity contribution is 0.138. The Morgan fingerprint density at radius 2 is 2.20 bits per heavy atom. The number of rotatable bonds is 4. The third-order valence-corrected chi connectivity index (χ3v) is 3.16. The molecular formula is C14H15N5O. The van der Waals surface area contributed by atoms with E-state index in [0.29, 0.717) is 18.8 Å². The minimum absolute atomic E-state index is 0.360. The van der Waals surface area contributed by atoms with Crippen LogP contribution in [0.15, 0.2) is 36.5 Å². The third kappa shape index (κ3) is 2.50. The van der Waals surface area contributed by atoms with Gasteiger partial charge in [-0.2, -0.15) is 4.80 Å². The molecule has 3 aromatic rings. The van der Waals surface area contributed by atoms with Crippen LogP contribution in [0.5, 0.6) is 0 Å². The summed E-state index contributed by atoms with van der Waals surface area (Å²) in [5, 5.41) is 22.9. The van der Waals surface area contributed by atoms with E-state index in [-0.39, 0.29) is 0 Å². The molecule has 2 heterocycles. The lowest BCUT2D eigenvalue weighted by Gasteiger charge is -2.04. The molecule has 0 spiro atoms. The molecule has 0 amide bonds. The van der Waals surface area contributed by atoms with E-state index in [1.165, 1.54) is 4.80 Å². The molecule has 0 saturated carbocycles. The smallest absolute Gasteiger partial charge is 0.204 e. The van der Waals surface area contributed by atoms with Gasteiger partial charge >= 0.3 is 0 Å². The number of aliphatic hydroxyl groups is 1. The lowest BCUT2D eigenvalue weighted by atomic mass is 10.1. The highest BCUT2D eigenvalue weighted by Crippen LogP contribution is 2.19. The monoisotopic (exact) mass is 269 g/mol. The molecule has 0 aliphatic heterocycles. The highest BCUT2D eigenvalue weighted by Gasteiger charge is 2.09. The van der Waals surface area contributed by atoms with Gasteiger partial charge in [0.25, 0.3) is 0 Å². The quantitative estimate of drug-likeness (QED) is 0.779. The van der Waals surface area contributed by atoms with E-state index in [1.807, 2.05) is 37.3 Å². The zero-order valence-corrected chi connectivity index (χ0v) is 11.1. The fourth-order valence-corrected chi connectivity index (χ4v) is 1.97. The largest absolute Gasteiger partial charge is 0.391 e. The minimum Gasteiger partial charge on any atom is -0.391 e. The number of aliphatic hydroxyl groups excluding tert-OH is 1. The SMILES string of the molecule is CC[C@H](O)Cn1nnc(-c2ccc3ncccc3c2)n1. The molecule has 1 aromatic carbocycles. The van der Waals surface area contributed by atoms with E-state index in [9.17, 15) is 5.11 Å². The van der Waals surface area contributed by atoms with Gasteiger partial charge in [-0.15, -0.1) is 10.2 Å². The minimum atomic E-state index is -0.446. The number of benzene rings is 1. The molecule has 0 unspecified atom stereocenters. The number of fused-ring (bicyclic) bond motifs is 1. The second kappa shape index (κ2) is 5.34. The molecule has 3 rings (SSSR count). The van der Waals surface area contributed by atoms with Crippen molar-refractivity contribution in [2.45, 2.75) is 26.0 Å². The van der Waals surface area contributed by atoms with Crippen molar-refractivity contribution in [1.82, 2.24) is 25.2 Å². The first-order chi connectivity index (χ1) is 9.76. The first-order valence-electron chi connectivity index (χ1n) is 6.57. The summed E-state index contributed by atoms with van der Waals surface area (Å²) < 4.78 is 0. The van der Waals surface area contributed by atoms with Gasteiger partial charge in [0, 0.05) is 17.1 Å². The molecule has 1 atom stereocenters. The Morgan fingerprint density at radius 3 is 3.05 bits per heavy atom. The van der Waals surface area contributed by atoms with Crippen molar-refractivity contribution in [2.24, 2.45) is 0 Å². The van der Waals surface area contributed by atoms with Crippen LogP contribution in [0.2, 0.25) is 0 Å². The lowest BCUT2D eigenvalue weighted by Crippen LogP contribution is -2.16. The predicted molar refractivity (Wildman–Crippen MR) is 74.9 cm³/mol. The van der Waals surface area contributed by atoms with Gasteiger partial charge in [0.15, 0.2) is 0 Å². The normalized spacial score (nSPS) is 12.7. The van der Waals surface area contributed by atoms with Crippen LogP contribution in [-0.4, -0.2) is 36.4 Å². The molecule has 0 bridgehead atoms. The van der Waals surface area contributed by atoms with Gasteiger partial charge in [-0.05, 0) is 35.9 Å². The highest BCUT2D eigenvalue weighted by molar-refractivity contribution is 5.82. The molecule has 1 N–H and O–H groups in total. The highest BCUT2D eigenvalue weighted by atomic mass is 16.3. The maximum Gasteiger partial charge on any atom is 0.204 e. The molecule has 0 saturated heterocycles. The first-order valence-corrected chi connectivity index (χ1v) is 6.57. The summed E-state index contributed by atoms with van der Waals surface area (Å²) >= 11 is 0. The molecule has 102 valence electrons. The zero-order valence-electron chi connectivity index (χ0n) is 11.1. The van der Waals surface area contributed by atoms with Crippen LogP contribution in [0.25, 0.3) is 22.3 Å². The van der Waals surface area contributed by atoms with Crippen molar-refractivity contribution >= 4 is 10.9 Å². The zero-order chi connectivity index (χ0) is 13.9. The maximum atomic E-state index is 9.60. The topological polar surface area (TPSA) is 76.7 Å². The summed E-state index contributed by atoms with van der Waals surface area (Å²) in [7, 11) is 0. The van der Waals surface area contributed by atoms with Crippen LogP contribution < -0.4 is 0 Å². The number of tetrazole rings is 1. The Hall–Kier alpha value is -2.34. The number of hydrogen-bond acceptors (Lipinski definition) is 5. The van der Waals surface area contributed by atoms with Crippen LogP contribution in [0, 0.1) is 0 Å². The predicted octanol–water partition coefficient (Wildman–Crippen LogP) is 1.66. The summed E-state index contributed by atoms with van der Waals surface area (Å²) in [6.07, 6.45) is 1.99. The molecule has 0 fully saturated rings. The van der Waals surface area contributed by atoms with Gasteiger partial charge < -0.3 is 5.11 Å². The fraction of sp³-hybridized carbons (Fsp3) is 0.286. The van der Waals surface area contributed by atoms with E-state index in [0.717, 1.165) is 16.5 Å². The Morgan fingerprint density at radius 1 is 1.30 bits per heavy atom. The van der Waals surface area contributed by atoms with Crippen LogP contribution in [0.1, 0.15) is 13.3 Å². The number of pyridine rings is 1. The van der Waals surface area contributed by atoms with E-state index in [1.54, 1.807) is 6.20 Å². The first kappa shape index (κ1) is 12.7. The second-order valence-corrected chi connectivity index (χ2v) is 4.64. The average molecular weight is 269 g/mol. The number of nitrogens with zero attached hydrogens (tertiary/aromatic N) is 5. The van der Waals surface area contributed by atoms with Crippen molar-refractivity contribution < 1.29 is 5.11 Å². The van der Waals surface area contributed by atoms with Crippen molar-refractivity contribution in [3.05, 3.63) is 36.5 Å². The van der Waals surface area contributed by atoms with Gasteiger partial charge in [-0.1, -0.05) is 13.0 Å². The third-order valence-electron chi connectivity index (χ3n) is 3.16. The molecule has 0 aliphatic rings. The van der Waals surface area contributed by atoms with Gasteiger partial charge in [0.05, 0.1) is 18.2 Å². The Bertz CT molecular complexity index is 724. The van der Waals surface area contributed by atoms with E-state index < -0.39 is 6.10 Å². The number of aromatic nitrogens is 5. The van der Waals surface area contributed by atoms with Gasteiger partial charge in [0.1, 0.15) is 0 Å². The van der Waals surface area contributed by atoms with Gasteiger partial charge in [-0.25, -0.2) is 0 Å². The molecular weight excluding hydrogens is 254 g/mol. The summed E-state index contributed by atoms with van der Waals surface area (Å²) in [4.78, 5) is 5.70. The summed E-state index contributed by atoms with van der Waals surface area (Å²) in [6, 6.07) is 9.74. The van der Waals surface area contributed by atoms with Crippen LogP contribution in [0.3, 0.4) is 0 Å². The Balaban J connectivity index is 1.91. The molecule has 20 heavy (non-hydrogen) atoms. The van der Waals surface area contributed by atoms with Crippen molar-refractivity contribution in [1.29, 1.82) is 0 Å². The van der Waals surface area contributed by atoms with Gasteiger partial charge in [0.2, 0.25) is 5.82 Å². The van der Waals surface area contributed by atoms with Crippen LogP contribution in [0.4, 0.5) is 0 Å². The van der Waals surface area contributed by atoms with E-state index in [2.05, 4.69) is 20.4 Å². The van der Waals surface area contributed by atoms with Gasteiger partial charge in [-0.3, -0.25) is 4.98 Å². The maximum absolute atomic E-state index is 9.60. The van der Waals surface area contributed by atoms with E-state index >= 15 is 0 Å². The van der Waals surface area contributed by atoms with E-state index in [4.69, 9.17) is 0 Å². The average Bonchev–Trinajstić information content (AvgIpc) is 2.95. The summed E-state index contributed by atoms with van der Waals surface area (Å²) in [6.45, 7) is 2.28. The number of hydrogen-bond donors (Lipinski definition) is 1. The Labute approximate surface area is 116 Å². The Kier molecular flexibility index (Phi) is 3.39. The fourth-order valence-electron chi connectivity index (χ4n) is 1.97. The molecule has 6 heteroatoms. The molecule has 0 aliphatic carbocycles. The molecule has 6 nitrogen and oxygen atoms in total. The van der Waals surface area contributed by atoms with Crippen molar-refractivity contribution in [3.63, 3.8) is 0 Å². The van der Waals surface area contributed by atoms with Crippen molar-refractivity contribution in [2.75, 3.05) is 0 Å². The standard InChI is InChI=1S/C14H15N5O/c1-2-12(20)9-19-17-14(16-18-19)11-5-6-13-10(8-11)4-3-7-15-13/h3-8,12,20H,2,9H2,1H3/t12-/m0/s1. The summed E-state index contributed by atoms with van der Waals surface area (Å²) in [5.41, 5.74) is 1.83. The second-order valence-electron chi connectivity index (χ2n) is 4.64. The summed E-state index contributed by atoms with van der Waals surface area (Å²) in [5.74, 6) is 0.555. The van der Waals surface area contributed by atoms with Crippen molar-refractivity contribution in [3.8, 4) is 11.4 Å².